The molecule has 0 saturated carbocycles. The lowest BCUT2D eigenvalue weighted by Gasteiger charge is -2.32. The Hall–Kier alpha value is -2.74. The molecule has 1 aromatic heterocycles. The number of sulfone groups is 1. The van der Waals surface area contributed by atoms with E-state index in [9.17, 15) is 17.6 Å². The molecule has 1 atom stereocenters. The molecule has 4 rings (SSSR count). The van der Waals surface area contributed by atoms with E-state index >= 15 is 0 Å². The summed E-state index contributed by atoms with van der Waals surface area (Å²) in [7, 11) is -3.71. The summed E-state index contributed by atoms with van der Waals surface area (Å²) in [6.07, 6.45) is 1.10. The number of fused-ring (bicyclic) bond motifs is 2. The van der Waals surface area contributed by atoms with Crippen molar-refractivity contribution in [3.8, 4) is 0 Å². The highest BCUT2D eigenvalue weighted by Gasteiger charge is 2.41. The van der Waals surface area contributed by atoms with Gasteiger partial charge >= 0.3 is 0 Å². The van der Waals surface area contributed by atoms with E-state index in [0.717, 1.165) is 11.0 Å². The van der Waals surface area contributed by atoms with E-state index in [1.807, 2.05) is 28.8 Å². The second-order valence-electron chi connectivity index (χ2n) is 7.14. The van der Waals surface area contributed by atoms with Crippen LogP contribution in [0.15, 0.2) is 53.4 Å². The van der Waals surface area contributed by atoms with Crippen molar-refractivity contribution in [2.45, 2.75) is 43.0 Å². The number of benzene rings is 2. The SMILES string of the molecule is CC1C(=O)N(Cc2nc3ccccc3n2CCCCF)c2ccccc2S1(=O)=O. The average Bonchev–Trinajstić information content (AvgIpc) is 3.07. The van der Waals surface area contributed by atoms with Crippen molar-refractivity contribution < 1.29 is 17.6 Å². The Labute approximate surface area is 168 Å². The third-order valence-corrected chi connectivity index (χ3v) is 7.43. The maximum Gasteiger partial charge on any atom is 0.245 e. The van der Waals surface area contributed by atoms with Gasteiger partial charge in [-0.3, -0.25) is 9.18 Å². The summed E-state index contributed by atoms with van der Waals surface area (Å²) in [5.41, 5.74) is 2.08. The summed E-state index contributed by atoms with van der Waals surface area (Å²) in [5, 5.41) is -1.15. The van der Waals surface area contributed by atoms with Gasteiger partial charge in [0.15, 0.2) is 9.84 Å². The fraction of sp³-hybridized carbons (Fsp3) is 0.333. The molecule has 0 fully saturated rings. The molecule has 0 spiro atoms. The predicted molar refractivity (Wildman–Crippen MR) is 109 cm³/mol. The monoisotopic (exact) mass is 415 g/mol. The number of imidazole rings is 1. The number of hydrogen-bond acceptors (Lipinski definition) is 4. The third-order valence-electron chi connectivity index (χ3n) is 5.34. The Bertz CT molecular complexity index is 1170. The van der Waals surface area contributed by atoms with Crippen LogP contribution in [-0.2, 0) is 27.7 Å². The smallest absolute Gasteiger partial charge is 0.245 e. The molecule has 2 aromatic carbocycles. The first-order valence-electron chi connectivity index (χ1n) is 9.59. The molecule has 152 valence electrons. The number of alkyl halides is 1. The Morgan fingerprint density at radius 3 is 2.59 bits per heavy atom. The maximum atomic E-state index is 13.0. The van der Waals surface area contributed by atoms with Crippen molar-refractivity contribution in [1.82, 2.24) is 9.55 Å². The molecule has 1 aliphatic heterocycles. The van der Waals surface area contributed by atoms with Gasteiger partial charge in [0.1, 0.15) is 11.1 Å². The number of para-hydroxylation sites is 3. The topological polar surface area (TPSA) is 72.3 Å². The van der Waals surface area contributed by atoms with Crippen molar-refractivity contribution in [3.63, 3.8) is 0 Å². The standard InChI is InChI=1S/C21H22FN3O3S/c1-15-21(26)25(18-10-4-5-11-19(18)29(15,27)28)14-20-23-16-8-2-3-9-17(16)24(20)13-7-6-12-22/h2-5,8-11,15H,6-7,12-14H2,1H3. The minimum absolute atomic E-state index is 0.153. The van der Waals surface area contributed by atoms with E-state index in [4.69, 9.17) is 0 Å². The highest BCUT2D eigenvalue weighted by Crippen LogP contribution is 2.35. The molecule has 1 unspecified atom stereocenters. The number of carbonyl (C=O) groups is 1. The summed E-state index contributed by atoms with van der Waals surface area (Å²) < 4.78 is 40.0. The number of amides is 1. The summed E-state index contributed by atoms with van der Waals surface area (Å²) in [4.78, 5) is 19.3. The summed E-state index contributed by atoms with van der Waals surface area (Å²) in [5.74, 6) is 0.186. The molecule has 0 N–H and O–H groups in total. The number of nitrogens with zero attached hydrogens (tertiary/aromatic N) is 3. The number of halogens is 1. The highest BCUT2D eigenvalue weighted by molar-refractivity contribution is 7.93. The molecule has 8 heteroatoms. The first kappa shape index (κ1) is 19.6. The van der Waals surface area contributed by atoms with Crippen LogP contribution in [0, 0.1) is 0 Å². The zero-order valence-electron chi connectivity index (χ0n) is 16.1. The highest BCUT2D eigenvalue weighted by atomic mass is 32.2. The number of aromatic nitrogens is 2. The first-order chi connectivity index (χ1) is 13.9. The zero-order chi connectivity index (χ0) is 20.6. The van der Waals surface area contributed by atoms with Gasteiger partial charge in [0.2, 0.25) is 5.91 Å². The van der Waals surface area contributed by atoms with E-state index < -0.39 is 21.0 Å². The lowest BCUT2D eigenvalue weighted by Crippen LogP contribution is -2.46. The van der Waals surface area contributed by atoms with Crippen molar-refractivity contribution in [2.24, 2.45) is 0 Å². The molecule has 1 aliphatic rings. The van der Waals surface area contributed by atoms with Crippen molar-refractivity contribution >= 4 is 32.5 Å². The maximum absolute atomic E-state index is 13.0. The molecular formula is C21H22FN3O3S. The van der Waals surface area contributed by atoms with Gasteiger partial charge in [-0.25, -0.2) is 13.4 Å². The predicted octanol–water partition coefficient (Wildman–Crippen LogP) is 3.50. The number of anilines is 1. The van der Waals surface area contributed by atoms with Crippen molar-refractivity contribution in [1.29, 1.82) is 0 Å². The van der Waals surface area contributed by atoms with E-state index in [-0.39, 0.29) is 18.1 Å². The molecule has 2 heterocycles. The molecular weight excluding hydrogens is 393 g/mol. The molecule has 0 saturated heterocycles. The Kier molecular flexibility index (Phi) is 5.12. The van der Waals surface area contributed by atoms with Gasteiger partial charge < -0.3 is 9.47 Å². The summed E-state index contributed by atoms with van der Waals surface area (Å²) in [6, 6.07) is 14.2. The summed E-state index contributed by atoms with van der Waals surface area (Å²) >= 11 is 0. The number of unbranched alkanes of at least 4 members (excludes halogenated alkanes) is 1. The molecule has 6 nitrogen and oxygen atoms in total. The van der Waals surface area contributed by atoms with Crippen LogP contribution in [0.1, 0.15) is 25.6 Å². The van der Waals surface area contributed by atoms with Gasteiger partial charge in [-0.15, -0.1) is 0 Å². The van der Waals surface area contributed by atoms with Crippen molar-refractivity contribution in [2.75, 3.05) is 11.6 Å². The van der Waals surface area contributed by atoms with Crippen LogP contribution < -0.4 is 4.90 Å². The number of rotatable bonds is 6. The van der Waals surface area contributed by atoms with E-state index in [1.165, 1.54) is 17.9 Å². The quantitative estimate of drug-likeness (QED) is 0.578. The Morgan fingerprint density at radius 2 is 1.79 bits per heavy atom. The minimum Gasteiger partial charge on any atom is -0.326 e. The molecule has 0 aliphatic carbocycles. The van der Waals surface area contributed by atoms with Crippen LogP contribution in [0.2, 0.25) is 0 Å². The second-order valence-corrected chi connectivity index (χ2v) is 9.38. The number of aryl methyl sites for hydroxylation is 1. The number of hydrogen-bond donors (Lipinski definition) is 0. The first-order valence-corrected chi connectivity index (χ1v) is 11.1. The van der Waals surface area contributed by atoms with Gasteiger partial charge in [0, 0.05) is 6.54 Å². The van der Waals surface area contributed by atoms with E-state index in [2.05, 4.69) is 4.98 Å². The minimum atomic E-state index is -3.71. The van der Waals surface area contributed by atoms with Gasteiger partial charge in [0.25, 0.3) is 0 Å². The van der Waals surface area contributed by atoms with Crippen LogP contribution in [0.3, 0.4) is 0 Å². The van der Waals surface area contributed by atoms with Crippen LogP contribution in [0.4, 0.5) is 10.1 Å². The fourth-order valence-electron chi connectivity index (χ4n) is 3.75. The van der Waals surface area contributed by atoms with Crippen LogP contribution >= 0.6 is 0 Å². The Morgan fingerprint density at radius 1 is 1.07 bits per heavy atom. The average molecular weight is 415 g/mol. The van der Waals surface area contributed by atoms with Gasteiger partial charge in [0.05, 0.1) is 34.8 Å². The Balaban J connectivity index is 1.78. The van der Waals surface area contributed by atoms with Gasteiger partial charge in [-0.1, -0.05) is 24.3 Å². The molecule has 0 bridgehead atoms. The number of carbonyl (C=O) groups excluding carboxylic acids is 1. The van der Waals surface area contributed by atoms with Crippen LogP contribution in [0.5, 0.6) is 0 Å². The van der Waals surface area contributed by atoms with E-state index in [0.29, 0.717) is 30.9 Å². The summed E-state index contributed by atoms with van der Waals surface area (Å²) in [6.45, 7) is 1.78. The zero-order valence-corrected chi connectivity index (χ0v) is 16.9. The third kappa shape index (κ3) is 3.31. The van der Waals surface area contributed by atoms with Crippen LogP contribution in [0.25, 0.3) is 11.0 Å². The lowest BCUT2D eigenvalue weighted by molar-refractivity contribution is -0.118. The van der Waals surface area contributed by atoms with Crippen molar-refractivity contribution in [3.05, 3.63) is 54.4 Å². The molecule has 0 radical (unpaired) electrons. The van der Waals surface area contributed by atoms with Gasteiger partial charge in [-0.05, 0) is 44.0 Å². The second kappa shape index (κ2) is 7.59. The fourth-order valence-corrected chi connectivity index (χ4v) is 5.26. The van der Waals surface area contributed by atoms with Gasteiger partial charge in [-0.2, -0.15) is 0 Å². The molecule has 3 aromatic rings. The molecule has 29 heavy (non-hydrogen) atoms. The lowest BCUT2D eigenvalue weighted by atomic mass is 10.2. The largest absolute Gasteiger partial charge is 0.326 e. The normalized spacial score (nSPS) is 18.2. The van der Waals surface area contributed by atoms with Crippen LogP contribution in [-0.4, -0.2) is 35.8 Å². The van der Waals surface area contributed by atoms with E-state index in [1.54, 1.807) is 18.2 Å². The molecule has 1 amide bonds.